The predicted molar refractivity (Wildman–Crippen MR) is 75.9 cm³/mol. The zero-order valence-electron chi connectivity index (χ0n) is 10.2. The van der Waals surface area contributed by atoms with E-state index >= 15 is 0 Å². The van der Waals surface area contributed by atoms with Crippen molar-refractivity contribution in [1.82, 2.24) is 0 Å². The summed E-state index contributed by atoms with van der Waals surface area (Å²) in [5.41, 5.74) is 9.58. The molecule has 0 aliphatic heterocycles. The second kappa shape index (κ2) is 5.63. The van der Waals surface area contributed by atoms with Crippen LogP contribution in [0.25, 0.3) is 0 Å². The lowest BCUT2D eigenvalue weighted by Crippen LogP contribution is -2.14. The van der Waals surface area contributed by atoms with Gasteiger partial charge in [0.1, 0.15) is 5.82 Å². The molecule has 2 rings (SSSR count). The minimum atomic E-state index is -0.256. The molecule has 2 aromatic carbocycles. The van der Waals surface area contributed by atoms with Crippen LogP contribution in [0.15, 0.2) is 46.9 Å². The number of halogens is 2. The van der Waals surface area contributed by atoms with E-state index in [1.807, 2.05) is 12.1 Å². The monoisotopic (exact) mass is 307 g/mol. The van der Waals surface area contributed by atoms with Crippen molar-refractivity contribution >= 4 is 15.9 Å². The molecular weight excluding hydrogens is 293 g/mol. The van der Waals surface area contributed by atoms with Crippen molar-refractivity contribution < 1.29 is 4.39 Å². The number of hydrogen-bond donors (Lipinski definition) is 1. The van der Waals surface area contributed by atoms with E-state index in [9.17, 15) is 4.39 Å². The Morgan fingerprint density at radius 1 is 1.22 bits per heavy atom. The minimum Gasteiger partial charge on any atom is -0.324 e. The van der Waals surface area contributed by atoms with Crippen LogP contribution in [0.1, 0.15) is 22.7 Å². The summed E-state index contributed by atoms with van der Waals surface area (Å²) in [6.07, 6.45) is 0.747. The maximum Gasteiger partial charge on any atom is 0.124 e. The fourth-order valence-electron chi connectivity index (χ4n) is 1.99. The van der Waals surface area contributed by atoms with E-state index in [-0.39, 0.29) is 11.9 Å². The van der Waals surface area contributed by atoms with Crippen LogP contribution in [0.3, 0.4) is 0 Å². The van der Waals surface area contributed by atoms with E-state index in [2.05, 4.69) is 35.0 Å². The summed E-state index contributed by atoms with van der Waals surface area (Å²) in [5.74, 6) is -0.256. The first-order chi connectivity index (χ1) is 8.58. The van der Waals surface area contributed by atoms with Gasteiger partial charge in [-0.25, -0.2) is 4.39 Å². The Morgan fingerprint density at radius 3 is 2.61 bits per heavy atom. The quantitative estimate of drug-likeness (QED) is 0.906. The van der Waals surface area contributed by atoms with Crippen LogP contribution in [0, 0.1) is 12.7 Å². The van der Waals surface area contributed by atoms with E-state index in [0.29, 0.717) is 0 Å². The molecule has 0 fully saturated rings. The Bertz CT molecular complexity index is 554. The zero-order valence-corrected chi connectivity index (χ0v) is 11.7. The molecule has 0 radical (unpaired) electrons. The van der Waals surface area contributed by atoms with Crippen molar-refractivity contribution in [3.05, 3.63) is 69.4 Å². The van der Waals surface area contributed by atoms with Gasteiger partial charge in [0.05, 0.1) is 0 Å². The minimum absolute atomic E-state index is 0.138. The van der Waals surface area contributed by atoms with Crippen LogP contribution in [-0.4, -0.2) is 0 Å². The molecule has 0 saturated carbocycles. The second-order valence-corrected chi connectivity index (χ2v) is 5.26. The summed E-state index contributed by atoms with van der Waals surface area (Å²) >= 11 is 3.36. The molecule has 1 nitrogen and oxygen atoms in total. The molecule has 0 heterocycles. The van der Waals surface area contributed by atoms with E-state index in [4.69, 9.17) is 5.73 Å². The number of nitrogens with two attached hydrogens (primary N) is 1. The van der Waals surface area contributed by atoms with Gasteiger partial charge in [0.2, 0.25) is 0 Å². The normalized spacial score (nSPS) is 12.4. The Balaban J connectivity index is 2.22. The van der Waals surface area contributed by atoms with Crippen LogP contribution in [0.4, 0.5) is 4.39 Å². The fraction of sp³-hybridized carbons (Fsp3) is 0.200. The van der Waals surface area contributed by atoms with E-state index < -0.39 is 0 Å². The smallest absolute Gasteiger partial charge is 0.124 e. The lowest BCUT2D eigenvalue weighted by atomic mass is 9.97. The van der Waals surface area contributed by atoms with Crippen LogP contribution in [0.5, 0.6) is 0 Å². The lowest BCUT2D eigenvalue weighted by Gasteiger charge is -2.15. The summed E-state index contributed by atoms with van der Waals surface area (Å²) in [5, 5.41) is 0. The number of aryl methyl sites for hydroxylation is 1. The molecule has 0 saturated heterocycles. The van der Waals surface area contributed by atoms with E-state index in [1.54, 1.807) is 6.07 Å². The molecule has 94 valence electrons. The van der Waals surface area contributed by atoms with Crippen molar-refractivity contribution in [3.8, 4) is 0 Å². The van der Waals surface area contributed by atoms with Crippen LogP contribution in [-0.2, 0) is 6.42 Å². The lowest BCUT2D eigenvalue weighted by molar-refractivity contribution is 0.623. The molecule has 0 aromatic heterocycles. The molecule has 2 N–H and O–H groups in total. The maximum atomic E-state index is 13.0. The summed E-state index contributed by atoms with van der Waals surface area (Å²) in [6.45, 7) is 2.07. The number of rotatable bonds is 3. The number of hydrogen-bond acceptors (Lipinski definition) is 1. The van der Waals surface area contributed by atoms with Gasteiger partial charge in [-0.1, -0.05) is 46.3 Å². The highest BCUT2D eigenvalue weighted by Gasteiger charge is 2.12. The molecule has 18 heavy (non-hydrogen) atoms. The highest BCUT2D eigenvalue weighted by atomic mass is 79.9. The second-order valence-electron chi connectivity index (χ2n) is 4.40. The Kier molecular flexibility index (Phi) is 4.15. The summed E-state index contributed by atoms with van der Waals surface area (Å²) in [7, 11) is 0. The van der Waals surface area contributed by atoms with Gasteiger partial charge in [-0.3, -0.25) is 0 Å². The predicted octanol–water partition coefficient (Wildman–Crippen LogP) is 4.14. The third kappa shape index (κ3) is 2.98. The Labute approximate surface area is 115 Å². The third-order valence-electron chi connectivity index (χ3n) is 3.06. The van der Waals surface area contributed by atoms with Crippen molar-refractivity contribution in [2.75, 3.05) is 0 Å². The molecule has 0 bridgehead atoms. The van der Waals surface area contributed by atoms with Crippen LogP contribution in [0.2, 0.25) is 0 Å². The molecule has 0 aliphatic rings. The number of benzene rings is 2. The maximum absolute atomic E-state index is 13.0. The Morgan fingerprint density at radius 2 is 1.94 bits per heavy atom. The topological polar surface area (TPSA) is 26.0 Å². The fourth-order valence-corrected chi connectivity index (χ4v) is 2.63. The van der Waals surface area contributed by atoms with Gasteiger partial charge in [0.15, 0.2) is 0 Å². The molecule has 3 heteroatoms. The van der Waals surface area contributed by atoms with Crippen molar-refractivity contribution in [2.45, 2.75) is 19.4 Å². The summed E-state index contributed by atoms with van der Waals surface area (Å²) < 4.78 is 13.8. The SMILES string of the molecule is Cc1ccccc1CC(N)c1ccc(F)cc1Br. The average Bonchev–Trinajstić information content (AvgIpc) is 2.32. The van der Waals surface area contributed by atoms with Gasteiger partial charge in [-0.15, -0.1) is 0 Å². The van der Waals surface area contributed by atoms with Crippen molar-refractivity contribution in [2.24, 2.45) is 5.73 Å². The van der Waals surface area contributed by atoms with Gasteiger partial charge in [0.25, 0.3) is 0 Å². The molecule has 0 aliphatic carbocycles. The largest absolute Gasteiger partial charge is 0.324 e. The van der Waals surface area contributed by atoms with Gasteiger partial charge in [-0.05, 0) is 42.2 Å². The van der Waals surface area contributed by atoms with Gasteiger partial charge in [0, 0.05) is 10.5 Å². The average molecular weight is 308 g/mol. The molecular formula is C15H15BrFN. The van der Waals surface area contributed by atoms with E-state index in [0.717, 1.165) is 16.5 Å². The molecule has 0 amide bonds. The molecule has 1 atom stereocenters. The van der Waals surface area contributed by atoms with Crippen LogP contribution < -0.4 is 5.73 Å². The molecule has 1 unspecified atom stereocenters. The molecule has 2 aromatic rings. The standard InChI is InChI=1S/C15H15BrFN/c1-10-4-2-3-5-11(10)8-15(18)13-7-6-12(17)9-14(13)16/h2-7,9,15H,8,18H2,1H3. The summed E-state index contributed by atoms with van der Waals surface area (Å²) in [4.78, 5) is 0. The van der Waals surface area contributed by atoms with Gasteiger partial charge < -0.3 is 5.73 Å². The van der Waals surface area contributed by atoms with Gasteiger partial charge >= 0.3 is 0 Å². The van der Waals surface area contributed by atoms with E-state index in [1.165, 1.54) is 23.3 Å². The van der Waals surface area contributed by atoms with Crippen LogP contribution >= 0.6 is 15.9 Å². The molecule has 0 spiro atoms. The van der Waals surface area contributed by atoms with Crippen molar-refractivity contribution in [1.29, 1.82) is 0 Å². The van der Waals surface area contributed by atoms with Gasteiger partial charge in [-0.2, -0.15) is 0 Å². The Hall–Kier alpha value is -1.19. The first-order valence-corrected chi connectivity index (χ1v) is 6.62. The zero-order chi connectivity index (χ0) is 13.1. The first-order valence-electron chi connectivity index (χ1n) is 5.83. The summed E-state index contributed by atoms with van der Waals surface area (Å²) in [6, 6.07) is 12.7. The first kappa shape index (κ1) is 13.2. The van der Waals surface area contributed by atoms with Crippen molar-refractivity contribution in [3.63, 3.8) is 0 Å². The highest BCUT2D eigenvalue weighted by Crippen LogP contribution is 2.26. The highest BCUT2D eigenvalue weighted by molar-refractivity contribution is 9.10. The third-order valence-corrected chi connectivity index (χ3v) is 3.75.